The summed E-state index contributed by atoms with van der Waals surface area (Å²) in [5.41, 5.74) is 1.29. The normalized spacial score (nSPS) is 16.9. The van der Waals surface area contributed by atoms with E-state index in [1.54, 1.807) is 0 Å². The van der Waals surface area contributed by atoms with Crippen molar-refractivity contribution in [1.82, 2.24) is 14.7 Å². The first-order valence-electron chi connectivity index (χ1n) is 6.26. The van der Waals surface area contributed by atoms with Gasteiger partial charge in [-0.2, -0.15) is 0 Å². The third kappa shape index (κ3) is 2.54. The molecule has 0 saturated carbocycles. The van der Waals surface area contributed by atoms with Gasteiger partial charge in [0.15, 0.2) is 0 Å². The number of hydrogen-bond donors (Lipinski definition) is 0. The standard InChI is InChI=1S/C13H16N3.Tl/c1-2-6-13-12(5-1)11-14-16(13)10-9-15-7-3-4-8-15;/h2,5-6,11H,3-4,7-10H2;. The fourth-order valence-electron chi connectivity index (χ4n) is 2.53. The molecule has 0 bridgehead atoms. The van der Waals surface area contributed by atoms with E-state index in [1.165, 1.54) is 40.0 Å². The van der Waals surface area contributed by atoms with E-state index in [9.17, 15) is 0 Å². The zero-order valence-corrected chi connectivity index (χ0v) is 14.5. The average Bonchev–Trinajstić information content (AvgIpc) is 2.94. The van der Waals surface area contributed by atoms with E-state index >= 15 is 0 Å². The third-order valence-electron chi connectivity index (χ3n) is 3.49. The Kier molecular flexibility index (Phi) is 3.47. The van der Waals surface area contributed by atoms with E-state index in [1.807, 2.05) is 6.20 Å². The second kappa shape index (κ2) is 5.06. The summed E-state index contributed by atoms with van der Waals surface area (Å²) in [6.07, 6.45) is 4.74. The minimum atomic E-state index is 0.914. The van der Waals surface area contributed by atoms with Gasteiger partial charge in [-0.05, 0) is 0 Å². The average molecular weight is 419 g/mol. The molecule has 2 heterocycles. The summed E-state index contributed by atoms with van der Waals surface area (Å²) >= 11 is 0.914. The second-order valence-electron chi connectivity index (χ2n) is 4.73. The molecule has 0 amide bonds. The number of benzene rings is 1. The molecule has 1 aromatic heterocycles. The zero-order valence-electron chi connectivity index (χ0n) is 9.97. The monoisotopic (exact) mass is 419 g/mol. The minimum absolute atomic E-state index is 0.914. The van der Waals surface area contributed by atoms with Gasteiger partial charge in [0.2, 0.25) is 0 Å². The molecule has 0 N–H and O–H groups in total. The Bertz CT molecular complexity index is 514. The van der Waals surface area contributed by atoms with Crippen molar-refractivity contribution in [1.29, 1.82) is 0 Å². The van der Waals surface area contributed by atoms with Crippen LogP contribution in [-0.4, -0.2) is 60.1 Å². The summed E-state index contributed by atoms with van der Waals surface area (Å²) in [6.45, 7) is 4.70. The van der Waals surface area contributed by atoms with Crippen molar-refractivity contribution in [3.05, 3.63) is 24.4 Å². The maximum atomic E-state index is 4.51. The molecule has 1 aliphatic rings. The molecule has 2 aromatic rings. The summed E-state index contributed by atoms with van der Waals surface area (Å²) in [5, 5.41) is 5.80. The van der Waals surface area contributed by atoms with Crippen molar-refractivity contribution in [3.63, 3.8) is 0 Å². The molecule has 0 radical (unpaired) electrons. The molecular weight excluding hydrogens is 403 g/mol. The summed E-state index contributed by atoms with van der Waals surface area (Å²) in [4.78, 5) is 2.54. The number of hydrogen-bond acceptors (Lipinski definition) is 2. The van der Waals surface area contributed by atoms with Crippen molar-refractivity contribution < 1.29 is 0 Å². The summed E-state index contributed by atoms with van der Waals surface area (Å²) < 4.78 is 3.62. The molecule has 0 atom stereocenters. The molecule has 1 fully saturated rings. The molecule has 17 heavy (non-hydrogen) atoms. The molecule has 4 heteroatoms. The van der Waals surface area contributed by atoms with Crippen LogP contribution in [-0.2, 0) is 6.54 Å². The summed E-state index contributed by atoms with van der Waals surface area (Å²) in [6, 6.07) is 6.74. The Hall–Kier alpha value is -0.428. The fourth-order valence-corrected chi connectivity index (χ4v) is 3.60. The van der Waals surface area contributed by atoms with Gasteiger partial charge in [-0.15, -0.1) is 0 Å². The van der Waals surface area contributed by atoms with Gasteiger partial charge < -0.3 is 0 Å². The van der Waals surface area contributed by atoms with Gasteiger partial charge in [0, 0.05) is 0 Å². The molecule has 1 aliphatic heterocycles. The molecule has 0 aliphatic carbocycles. The van der Waals surface area contributed by atoms with E-state index in [4.69, 9.17) is 0 Å². The Morgan fingerprint density at radius 1 is 1.18 bits per heavy atom. The van der Waals surface area contributed by atoms with Crippen LogP contribution < -0.4 is 3.12 Å². The molecular formula is C13H16N3Tl. The van der Waals surface area contributed by atoms with Crippen LogP contribution in [0.25, 0.3) is 10.9 Å². The molecule has 1 aromatic carbocycles. The van der Waals surface area contributed by atoms with Crippen LogP contribution in [0.2, 0.25) is 0 Å². The molecule has 0 unspecified atom stereocenters. The first-order valence-corrected chi connectivity index (χ1v) is 8.51. The Labute approximate surface area is 117 Å². The molecule has 86 valence electrons. The summed E-state index contributed by atoms with van der Waals surface area (Å²) in [5.74, 6) is 0. The number of fused-ring (bicyclic) bond motifs is 1. The predicted molar refractivity (Wildman–Crippen MR) is 70.8 cm³/mol. The molecule has 0 spiro atoms. The zero-order chi connectivity index (χ0) is 11.7. The van der Waals surface area contributed by atoms with Gasteiger partial charge in [-0.3, -0.25) is 0 Å². The Morgan fingerprint density at radius 3 is 2.82 bits per heavy atom. The maximum absolute atomic E-state index is 4.51. The SMILES string of the molecule is [Tl][c]1ccc2c(cnn2CCN2CCCC2)c1. The summed E-state index contributed by atoms with van der Waals surface area (Å²) in [7, 11) is 0. The van der Waals surface area contributed by atoms with Crippen LogP contribution in [0.3, 0.4) is 0 Å². The van der Waals surface area contributed by atoms with Gasteiger partial charge in [-0.1, -0.05) is 0 Å². The van der Waals surface area contributed by atoms with Crippen LogP contribution in [0.5, 0.6) is 0 Å². The van der Waals surface area contributed by atoms with E-state index in [-0.39, 0.29) is 0 Å². The van der Waals surface area contributed by atoms with Crippen LogP contribution in [0.4, 0.5) is 0 Å². The van der Waals surface area contributed by atoms with Crippen LogP contribution in [0.15, 0.2) is 24.4 Å². The van der Waals surface area contributed by atoms with Crippen LogP contribution >= 0.6 is 0 Å². The van der Waals surface area contributed by atoms with Gasteiger partial charge in [0.05, 0.1) is 0 Å². The number of likely N-dealkylation sites (tertiary alicyclic amines) is 1. The first kappa shape index (κ1) is 11.7. The van der Waals surface area contributed by atoms with Crippen molar-refractivity contribution in [2.45, 2.75) is 19.4 Å². The van der Waals surface area contributed by atoms with Gasteiger partial charge in [0.1, 0.15) is 0 Å². The Balaban J connectivity index is 1.76. The molecule has 3 rings (SSSR count). The first-order chi connectivity index (χ1) is 8.33. The van der Waals surface area contributed by atoms with Crippen molar-refractivity contribution >= 4 is 39.8 Å². The van der Waals surface area contributed by atoms with Crippen molar-refractivity contribution in [2.24, 2.45) is 0 Å². The van der Waals surface area contributed by atoms with E-state index in [0.29, 0.717) is 0 Å². The number of nitrogens with zero attached hydrogens (tertiary/aromatic N) is 3. The molecule has 3 nitrogen and oxygen atoms in total. The van der Waals surface area contributed by atoms with Gasteiger partial charge in [-0.25, -0.2) is 0 Å². The number of rotatable bonds is 3. The third-order valence-corrected chi connectivity index (χ3v) is 4.89. The quantitative estimate of drug-likeness (QED) is 0.692. The fraction of sp³-hybridized carbons (Fsp3) is 0.462. The van der Waals surface area contributed by atoms with Crippen LogP contribution in [0, 0.1) is 0 Å². The predicted octanol–water partition coefficient (Wildman–Crippen LogP) is 0.926. The van der Waals surface area contributed by atoms with Crippen LogP contribution in [0.1, 0.15) is 12.8 Å². The second-order valence-corrected chi connectivity index (χ2v) is 7.33. The van der Waals surface area contributed by atoms with Gasteiger partial charge >= 0.3 is 118 Å². The Morgan fingerprint density at radius 2 is 2.00 bits per heavy atom. The van der Waals surface area contributed by atoms with Crippen molar-refractivity contribution in [2.75, 3.05) is 19.6 Å². The topological polar surface area (TPSA) is 21.1 Å². The van der Waals surface area contributed by atoms with E-state index < -0.39 is 0 Å². The van der Waals surface area contributed by atoms with Gasteiger partial charge in [0.25, 0.3) is 0 Å². The van der Waals surface area contributed by atoms with E-state index in [2.05, 4.69) is 32.9 Å². The van der Waals surface area contributed by atoms with E-state index in [0.717, 1.165) is 38.9 Å². The number of aromatic nitrogens is 2. The molecule has 1 saturated heterocycles. The van der Waals surface area contributed by atoms with Crippen molar-refractivity contribution in [3.8, 4) is 0 Å².